The predicted octanol–water partition coefficient (Wildman–Crippen LogP) is 2.07. The van der Waals surface area contributed by atoms with Crippen molar-refractivity contribution < 1.29 is 18.7 Å². The van der Waals surface area contributed by atoms with E-state index in [1.165, 1.54) is 11.9 Å². The van der Waals surface area contributed by atoms with Crippen molar-refractivity contribution in [1.29, 1.82) is 0 Å². The van der Waals surface area contributed by atoms with Crippen LogP contribution in [-0.4, -0.2) is 42.5 Å². The molecule has 0 aromatic carbocycles. The average molecular weight is 223 g/mol. The van der Waals surface area contributed by atoms with Gasteiger partial charge in [-0.15, -0.1) is 0 Å². The van der Waals surface area contributed by atoms with E-state index in [4.69, 9.17) is 5.11 Å². The normalized spacial score (nSPS) is 15.7. The molecule has 0 heterocycles. The van der Waals surface area contributed by atoms with Gasteiger partial charge in [0, 0.05) is 6.54 Å². The third-order valence-corrected chi connectivity index (χ3v) is 2.39. The van der Waals surface area contributed by atoms with E-state index < -0.39 is 17.8 Å². The molecule has 0 radical (unpaired) electrons. The standard InChI is InChI=1S/C10H19F2NO2/c1-4-5-10(2,9(14)15)7-13(3)6-8(11)12/h8H,4-7H2,1-3H3,(H,14,15). The highest BCUT2D eigenvalue weighted by atomic mass is 19.3. The summed E-state index contributed by atoms with van der Waals surface area (Å²) in [6, 6.07) is 0. The first-order valence-electron chi connectivity index (χ1n) is 5.02. The van der Waals surface area contributed by atoms with E-state index in [0.717, 1.165) is 6.42 Å². The number of carboxylic acid groups (broad SMARTS) is 1. The van der Waals surface area contributed by atoms with Gasteiger partial charge in [-0.25, -0.2) is 8.78 Å². The second-order valence-electron chi connectivity index (χ2n) is 4.20. The molecule has 1 N–H and O–H groups in total. The number of hydrogen-bond acceptors (Lipinski definition) is 2. The van der Waals surface area contributed by atoms with Crippen LogP contribution < -0.4 is 0 Å². The number of nitrogens with zero attached hydrogens (tertiary/aromatic N) is 1. The molecule has 0 aliphatic carbocycles. The minimum Gasteiger partial charge on any atom is -0.481 e. The SMILES string of the molecule is CCCC(C)(CN(C)CC(F)F)C(=O)O. The molecule has 0 aromatic heterocycles. The molecule has 3 nitrogen and oxygen atoms in total. The van der Waals surface area contributed by atoms with E-state index in [1.807, 2.05) is 6.92 Å². The van der Waals surface area contributed by atoms with Gasteiger partial charge in [-0.2, -0.15) is 0 Å². The van der Waals surface area contributed by atoms with Crippen LogP contribution in [0.2, 0.25) is 0 Å². The summed E-state index contributed by atoms with van der Waals surface area (Å²) in [4.78, 5) is 12.4. The molecule has 5 heteroatoms. The van der Waals surface area contributed by atoms with Crippen molar-refractivity contribution in [1.82, 2.24) is 4.90 Å². The van der Waals surface area contributed by atoms with Gasteiger partial charge < -0.3 is 5.11 Å². The fourth-order valence-electron chi connectivity index (χ4n) is 1.70. The van der Waals surface area contributed by atoms with Crippen molar-refractivity contribution in [2.45, 2.75) is 33.1 Å². The topological polar surface area (TPSA) is 40.5 Å². The van der Waals surface area contributed by atoms with Gasteiger partial charge >= 0.3 is 5.97 Å². The minimum absolute atomic E-state index is 0.153. The lowest BCUT2D eigenvalue weighted by Gasteiger charge is -2.29. The number of halogens is 2. The second kappa shape index (κ2) is 6.00. The smallest absolute Gasteiger partial charge is 0.310 e. The number of carbonyl (C=O) groups is 1. The fraction of sp³-hybridized carbons (Fsp3) is 0.900. The van der Waals surface area contributed by atoms with Gasteiger partial charge in [-0.05, 0) is 20.4 Å². The van der Waals surface area contributed by atoms with Crippen LogP contribution in [0.3, 0.4) is 0 Å². The van der Waals surface area contributed by atoms with Crippen LogP contribution in [0.4, 0.5) is 8.78 Å². The zero-order chi connectivity index (χ0) is 12.1. The van der Waals surface area contributed by atoms with Crippen molar-refractivity contribution in [3.05, 3.63) is 0 Å². The minimum atomic E-state index is -2.42. The number of carboxylic acids is 1. The molecular formula is C10H19F2NO2. The molecule has 0 aliphatic heterocycles. The summed E-state index contributed by atoms with van der Waals surface area (Å²) < 4.78 is 24.1. The van der Waals surface area contributed by atoms with E-state index >= 15 is 0 Å². The Morgan fingerprint density at radius 2 is 2.07 bits per heavy atom. The van der Waals surface area contributed by atoms with Crippen molar-refractivity contribution in [2.75, 3.05) is 20.1 Å². The molecule has 0 spiro atoms. The van der Waals surface area contributed by atoms with Crippen LogP contribution >= 0.6 is 0 Å². The van der Waals surface area contributed by atoms with Crippen molar-refractivity contribution in [3.8, 4) is 0 Å². The summed E-state index contributed by atoms with van der Waals surface area (Å²) in [6.45, 7) is 3.25. The fourth-order valence-corrected chi connectivity index (χ4v) is 1.70. The molecule has 0 amide bonds. The number of hydrogen-bond donors (Lipinski definition) is 1. The lowest BCUT2D eigenvalue weighted by Crippen LogP contribution is -2.41. The van der Waals surface area contributed by atoms with E-state index in [-0.39, 0.29) is 13.1 Å². The number of alkyl halides is 2. The van der Waals surface area contributed by atoms with Crippen LogP contribution in [0, 0.1) is 5.41 Å². The first-order valence-corrected chi connectivity index (χ1v) is 5.02. The number of aliphatic carboxylic acids is 1. The highest BCUT2D eigenvalue weighted by Gasteiger charge is 2.33. The summed E-state index contributed by atoms with van der Waals surface area (Å²) in [6.07, 6.45) is -1.20. The summed E-state index contributed by atoms with van der Waals surface area (Å²) >= 11 is 0. The van der Waals surface area contributed by atoms with Gasteiger partial charge in [0.25, 0.3) is 6.43 Å². The Hall–Kier alpha value is -0.710. The molecule has 90 valence electrons. The summed E-state index contributed by atoms with van der Waals surface area (Å²) in [5.41, 5.74) is -0.932. The lowest BCUT2D eigenvalue weighted by atomic mass is 9.85. The maximum absolute atomic E-state index is 12.1. The molecule has 15 heavy (non-hydrogen) atoms. The Kier molecular flexibility index (Phi) is 5.72. The van der Waals surface area contributed by atoms with Crippen LogP contribution in [0.25, 0.3) is 0 Å². The Labute approximate surface area is 89.1 Å². The molecule has 0 bridgehead atoms. The van der Waals surface area contributed by atoms with Gasteiger partial charge in [0.05, 0.1) is 12.0 Å². The highest BCUT2D eigenvalue weighted by Crippen LogP contribution is 2.24. The van der Waals surface area contributed by atoms with Crippen molar-refractivity contribution in [2.24, 2.45) is 5.41 Å². The maximum Gasteiger partial charge on any atom is 0.310 e. The lowest BCUT2D eigenvalue weighted by molar-refractivity contribution is -0.149. The van der Waals surface area contributed by atoms with Gasteiger partial charge in [0.1, 0.15) is 0 Å². The third-order valence-electron chi connectivity index (χ3n) is 2.39. The molecule has 0 rings (SSSR count). The van der Waals surface area contributed by atoms with Crippen LogP contribution in [0.1, 0.15) is 26.7 Å². The van der Waals surface area contributed by atoms with Crippen molar-refractivity contribution in [3.63, 3.8) is 0 Å². The van der Waals surface area contributed by atoms with Gasteiger partial charge in [-0.1, -0.05) is 13.3 Å². The predicted molar refractivity (Wildman–Crippen MR) is 54.2 cm³/mol. The van der Waals surface area contributed by atoms with E-state index in [9.17, 15) is 13.6 Å². The van der Waals surface area contributed by atoms with Gasteiger partial charge in [0.15, 0.2) is 0 Å². The van der Waals surface area contributed by atoms with Gasteiger partial charge in [0.2, 0.25) is 0 Å². The Bertz CT molecular complexity index is 212. The molecule has 0 aromatic rings. The molecule has 0 fully saturated rings. The quantitative estimate of drug-likeness (QED) is 0.718. The largest absolute Gasteiger partial charge is 0.481 e. The highest BCUT2D eigenvalue weighted by molar-refractivity contribution is 5.74. The third kappa shape index (κ3) is 5.06. The summed E-state index contributed by atoms with van der Waals surface area (Å²) in [7, 11) is 1.52. The number of rotatable bonds is 7. The van der Waals surface area contributed by atoms with Crippen LogP contribution in [0.15, 0.2) is 0 Å². The van der Waals surface area contributed by atoms with E-state index in [0.29, 0.717) is 6.42 Å². The second-order valence-corrected chi connectivity index (χ2v) is 4.20. The molecule has 1 unspecified atom stereocenters. The average Bonchev–Trinajstić information content (AvgIpc) is 2.01. The molecule has 1 atom stereocenters. The molecule has 0 aliphatic rings. The Balaban J connectivity index is 4.34. The summed E-state index contributed by atoms with van der Waals surface area (Å²) in [5.74, 6) is -0.925. The molecular weight excluding hydrogens is 204 g/mol. The van der Waals surface area contributed by atoms with Crippen LogP contribution in [-0.2, 0) is 4.79 Å². The zero-order valence-electron chi connectivity index (χ0n) is 9.46. The van der Waals surface area contributed by atoms with E-state index in [2.05, 4.69) is 0 Å². The van der Waals surface area contributed by atoms with Gasteiger partial charge in [-0.3, -0.25) is 9.69 Å². The Morgan fingerprint density at radius 1 is 1.53 bits per heavy atom. The monoisotopic (exact) mass is 223 g/mol. The van der Waals surface area contributed by atoms with Crippen LogP contribution in [0.5, 0.6) is 0 Å². The Morgan fingerprint density at radius 3 is 2.40 bits per heavy atom. The maximum atomic E-state index is 12.1. The summed E-state index contributed by atoms with van der Waals surface area (Å²) in [5, 5.41) is 9.03. The van der Waals surface area contributed by atoms with E-state index in [1.54, 1.807) is 6.92 Å². The first-order chi connectivity index (χ1) is 6.81. The molecule has 0 saturated heterocycles. The zero-order valence-corrected chi connectivity index (χ0v) is 9.46. The van der Waals surface area contributed by atoms with Crippen molar-refractivity contribution >= 4 is 5.97 Å². The first kappa shape index (κ1) is 14.3. The molecule has 0 saturated carbocycles.